The first-order valence-electron chi connectivity index (χ1n) is 6.88. The van der Waals surface area contributed by atoms with Gasteiger partial charge in [0.1, 0.15) is 0 Å². The molecule has 1 fully saturated rings. The Kier molecular flexibility index (Phi) is 5.26. The van der Waals surface area contributed by atoms with E-state index in [9.17, 15) is 10.2 Å². The monoisotopic (exact) mass is 228 g/mol. The van der Waals surface area contributed by atoms with Gasteiger partial charge in [0.15, 0.2) is 0 Å². The number of hydrogen-bond acceptors (Lipinski definition) is 2. The van der Waals surface area contributed by atoms with Gasteiger partial charge < -0.3 is 10.2 Å². The Morgan fingerprint density at radius 1 is 1.31 bits per heavy atom. The van der Waals surface area contributed by atoms with Gasteiger partial charge in [-0.1, -0.05) is 33.6 Å². The van der Waals surface area contributed by atoms with Crippen molar-refractivity contribution in [2.45, 2.75) is 77.4 Å². The molecule has 2 N–H and O–H groups in total. The van der Waals surface area contributed by atoms with E-state index in [1.165, 1.54) is 0 Å². The first-order valence-corrected chi connectivity index (χ1v) is 6.88. The summed E-state index contributed by atoms with van der Waals surface area (Å²) in [6, 6.07) is 0. The van der Waals surface area contributed by atoms with E-state index in [1.54, 1.807) is 0 Å². The maximum Gasteiger partial charge on any atom is 0.0905 e. The smallest absolute Gasteiger partial charge is 0.0905 e. The van der Waals surface area contributed by atoms with E-state index in [4.69, 9.17) is 0 Å². The van der Waals surface area contributed by atoms with E-state index < -0.39 is 11.7 Å². The molecule has 2 nitrogen and oxygen atoms in total. The molecule has 0 aromatic carbocycles. The second kappa shape index (κ2) is 6.02. The lowest BCUT2D eigenvalue weighted by molar-refractivity contribution is -0.110. The van der Waals surface area contributed by atoms with Gasteiger partial charge in [-0.15, -0.1) is 0 Å². The lowest BCUT2D eigenvalue weighted by atomic mass is 9.74. The molecule has 0 amide bonds. The standard InChI is InChI=1S/C14H28O2/c1-4-5-12(3)10-13(15)14(16)8-6-11(2)7-9-14/h11-13,15-16H,4-10H2,1-3H3. The third-order valence-electron chi connectivity index (χ3n) is 4.17. The van der Waals surface area contributed by atoms with Crippen molar-refractivity contribution in [1.82, 2.24) is 0 Å². The fourth-order valence-electron chi connectivity index (χ4n) is 2.81. The van der Waals surface area contributed by atoms with Gasteiger partial charge in [0.2, 0.25) is 0 Å². The molecule has 1 aliphatic rings. The highest BCUT2D eigenvalue weighted by molar-refractivity contribution is 4.91. The minimum absolute atomic E-state index is 0.517. The summed E-state index contributed by atoms with van der Waals surface area (Å²) in [6.45, 7) is 6.56. The molecule has 1 aliphatic carbocycles. The van der Waals surface area contributed by atoms with Crippen LogP contribution in [-0.4, -0.2) is 21.9 Å². The average Bonchev–Trinajstić information content (AvgIpc) is 2.23. The molecule has 2 heteroatoms. The number of aliphatic hydroxyl groups excluding tert-OH is 1. The highest BCUT2D eigenvalue weighted by Gasteiger charge is 2.38. The van der Waals surface area contributed by atoms with Gasteiger partial charge in [-0.3, -0.25) is 0 Å². The summed E-state index contributed by atoms with van der Waals surface area (Å²) >= 11 is 0. The Morgan fingerprint density at radius 3 is 2.38 bits per heavy atom. The van der Waals surface area contributed by atoms with Crippen LogP contribution in [0.1, 0.15) is 65.7 Å². The van der Waals surface area contributed by atoms with E-state index >= 15 is 0 Å². The van der Waals surface area contributed by atoms with Gasteiger partial charge in [0.05, 0.1) is 11.7 Å². The van der Waals surface area contributed by atoms with E-state index in [1.807, 2.05) is 0 Å². The zero-order valence-corrected chi connectivity index (χ0v) is 11.1. The van der Waals surface area contributed by atoms with E-state index in [0.717, 1.165) is 44.9 Å². The van der Waals surface area contributed by atoms with Crippen LogP contribution >= 0.6 is 0 Å². The van der Waals surface area contributed by atoms with Gasteiger partial charge in [-0.05, 0) is 43.9 Å². The summed E-state index contributed by atoms with van der Waals surface area (Å²) in [6.07, 6.45) is 6.17. The van der Waals surface area contributed by atoms with Crippen LogP contribution < -0.4 is 0 Å². The first-order chi connectivity index (χ1) is 7.48. The normalized spacial score (nSPS) is 34.7. The Bertz CT molecular complexity index is 195. The van der Waals surface area contributed by atoms with Gasteiger partial charge in [0, 0.05) is 0 Å². The summed E-state index contributed by atoms with van der Waals surface area (Å²) in [5.41, 5.74) is -0.797. The van der Waals surface area contributed by atoms with Crippen molar-refractivity contribution < 1.29 is 10.2 Å². The third-order valence-corrected chi connectivity index (χ3v) is 4.17. The molecule has 0 aromatic rings. The Morgan fingerprint density at radius 2 is 1.88 bits per heavy atom. The predicted octanol–water partition coefficient (Wildman–Crippen LogP) is 3.11. The molecule has 0 aromatic heterocycles. The van der Waals surface area contributed by atoms with Crippen molar-refractivity contribution in [3.05, 3.63) is 0 Å². The van der Waals surface area contributed by atoms with Crippen LogP contribution in [0.3, 0.4) is 0 Å². The minimum atomic E-state index is -0.797. The van der Waals surface area contributed by atoms with Crippen LogP contribution in [0.4, 0.5) is 0 Å². The molecular weight excluding hydrogens is 200 g/mol. The maximum atomic E-state index is 10.4. The zero-order chi connectivity index (χ0) is 12.2. The van der Waals surface area contributed by atoms with Crippen LogP contribution in [0.15, 0.2) is 0 Å². The van der Waals surface area contributed by atoms with Crippen molar-refractivity contribution in [3.63, 3.8) is 0 Å². The molecule has 1 saturated carbocycles. The fourth-order valence-corrected chi connectivity index (χ4v) is 2.81. The van der Waals surface area contributed by atoms with Gasteiger partial charge in [-0.2, -0.15) is 0 Å². The molecule has 0 radical (unpaired) electrons. The quantitative estimate of drug-likeness (QED) is 0.759. The number of rotatable bonds is 5. The summed E-state index contributed by atoms with van der Waals surface area (Å²) in [4.78, 5) is 0. The SMILES string of the molecule is CCCC(C)CC(O)C1(O)CCC(C)CC1. The minimum Gasteiger partial charge on any atom is -0.390 e. The average molecular weight is 228 g/mol. The molecule has 2 atom stereocenters. The van der Waals surface area contributed by atoms with Crippen LogP contribution in [0.2, 0.25) is 0 Å². The molecule has 1 rings (SSSR count). The Hall–Kier alpha value is -0.0800. The second-order valence-electron chi connectivity index (χ2n) is 5.93. The molecular formula is C14H28O2. The van der Waals surface area contributed by atoms with Gasteiger partial charge in [-0.25, -0.2) is 0 Å². The van der Waals surface area contributed by atoms with E-state index in [2.05, 4.69) is 20.8 Å². The summed E-state index contributed by atoms with van der Waals surface area (Å²) in [5.74, 6) is 1.23. The highest BCUT2D eigenvalue weighted by atomic mass is 16.3. The van der Waals surface area contributed by atoms with E-state index in [0.29, 0.717) is 11.8 Å². The zero-order valence-electron chi connectivity index (χ0n) is 11.1. The van der Waals surface area contributed by atoms with Crippen molar-refractivity contribution in [3.8, 4) is 0 Å². The number of aliphatic hydroxyl groups is 2. The second-order valence-corrected chi connectivity index (χ2v) is 5.93. The van der Waals surface area contributed by atoms with Crippen LogP contribution in [0.25, 0.3) is 0 Å². The summed E-state index contributed by atoms with van der Waals surface area (Å²) in [7, 11) is 0. The topological polar surface area (TPSA) is 40.5 Å². The van der Waals surface area contributed by atoms with Crippen molar-refractivity contribution in [2.24, 2.45) is 11.8 Å². The lowest BCUT2D eigenvalue weighted by Gasteiger charge is -2.39. The molecule has 0 saturated heterocycles. The number of hydrogen-bond donors (Lipinski definition) is 2. The van der Waals surface area contributed by atoms with Crippen molar-refractivity contribution >= 4 is 0 Å². The third kappa shape index (κ3) is 3.74. The Labute approximate surface area is 100 Å². The molecule has 0 aliphatic heterocycles. The summed E-state index contributed by atoms with van der Waals surface area (Å²) in [5, 5.41) is 20.6. The van der Waals surface area contributed by atoms with Gasteiger partial charge >= 0.3 is 0 Å². The molecule has 0 spiro atoms. The maximum absolute atomic E-state index is 10.4. The molecule has 0 bridgehead atoms. The van der Waals surface area contributed by atoms with Gasteiger partial charge in [0.25, 0.3) is 0 Å². The van der Waals surface area contributed by atoms with Crippen molar-refractivity contribution in [2.75, 3.05) is 0 Å². The van der Waals surface area contributed by atoms with Crippen LogP contribution in [-0.2, 0) is 0 Å². The molecule has 16 heavy (non-hydrogen) atoms. The first kappa shape index (κ1) is 14.0. The summed E-state index contributed by atoms with van der Waals surface area (Å²) < 4.78 is 0. The molecule has 96 valence electrons. The van der Waals surface area contributed by atoms with Crippen LogP contribution in [0.5, 0.6) is 0 Å². The Balaban J connectivity index is 2.42. The largest absolute Gasteiger partial charge is 0.390 e. The predicted molar refractivity (Wildman–Crippen MR) is 67.3 cm³/mol. The van der Waals surface area contributed by atoms with Crippen molar-refractivity contribution in [1.29, 1.82) is 0 Å². The van der Waals surface area contributed by atoms with Crippen LogP contribution in [0, 0.1) is 11.8 Å². The molecule has 0 heterocycles. The highest BCUT2D eigenvalue weighted by Crippen LogP contribution is 2.36. The lowest BCUT2D eigenvalue weighted by Crippen LogP contribution is -2.45. The van der Waals surface area contributed by atoms with E-state index in [-0.39, 0.29) is 0 Å². The molecule has 2 unspecified atom stereocenters. The fraction of sp³-hybridized carbons (Fsp3) is 1.00.